The summed E-state index contributed by atoms with van der Waals surface area (Å²) in [6.07, 6.45) is 5.08. The molecular weight excluding hydrogens is 468 g/mol. The van der Waals surface area contributed by atoms with E-state index in [2.05, 4.69) is 28.2 Å². The van der Waals surface area contributed by atoms with Crippen LogP contribution in [-0.4, -0.2) is 76.7 Å². The van der Waals surface area contributed by atoms with Crippen molar-refractivity contribution in [3.8, 4) is 0 Å². The number of esters is 1. The molecule has 31 heavy (non-hydrogen) atoms. The van der Waals surface area contributed by atoms with E-state index in [1.54, 1.807) is 11.8 Å². The summed E-state index contributed by atoms with van der Waals surface area (Å²) in [5.41, 5.74) is -1.01. The lowest BCUT2D eigenvalue weighted by molar-refractivity contribution is -0.154. The summed E-state index contributed by atoms with van der Waals surface area (Å²) in [6, 6.07) is -0.759. The minimum Gasteiger partial charge on any atom is -0.466 e. The normalized spacial score (nSPS) is 33.6. The standard InChI is InChI=1S/C22H35BrN2O6/c1-3-5-7-10-24-19(27)18-22-13-14(23)17(31-22)15(21(29)30-4-2)16(22)20(28)25(18)11-8-6-9-12-26/h14-18,26H,3-13H2,1-2H3,(H,24,27)/t14?,15-,16+,17-,18-,22+/m0/s1. The SMILES string of the molecule is CCCCCNC(=O)[C@@H]1N(CCCCCO)C(=O)[C@H]2[C@H](C(=O)OCC)[C@H]3O[C@@]12CC3Br. The topological polar surface area (TPSA) is 105 Å². The summed E-state index contributed by atoms with van der Waals surface area (Å²) in [5.74, 6) is -2.24. The monoisotopic (exact) mass is 502 g/mol. The van der Waals surface area contributed by atoms with Gasteiger partial charge in [0.25, 0.3) is 0 Å². The second kappa shape index (κ2) is 10.6. The van der Waals surface area contributed by atoms with Crippen LogP contribution in [0.25, 0.3) is 0 Å². The highest BCUT2D eigenvalue weighted by Crippen LogP contribution is 2.60. The molecule has 3 saturated heterocycles. The molecule has 176 valence electrons. The fourth-order valence-corrected chi connectivity index (χ4v) is 6.38. The van der Waals surface area contributed by atoms with Gasteiger partial charge in [-0.25, -0.2) is 0 Å². The number of aliphatic hydroxyl groups excluding tert-OH is 1. The summed E-state index contributed by atoms with van der Waals surface area (Å²) in [5, 5.41) is 12.1. The van der Waals surface area contributed by atoms with Gasteiger partial charge >= 0.3 is 5.97 Å². The van der Waals surface area contributed by atoms with E-state index in [0.29, 0.717) is 32.4 Å². The van der Waals surface area contributed by atoms with Crippen LogP contribution in [0.4, 0.5) is 0 Å². The van der Waals surface area contributed by atoms with Gasteiger partial charge < -0.3 is 24.8 Å². The van der Waals surface area contributed by atoms with Crippen LogP contribution in [0.5, 0.6) is 0 Å². The number of aliphatic hydroxyl groups is 1. The third-order valence-electron chi connectivity index (χ3n) is 6.73. The zero-order chi connectivity index (χ0) is 22.6. The number of hydrogen-bond acceptors (Lipinski definition) is 6. The molecule has 2 amide bonds. The molecule has 3 heterocycles. The summed E-state index contributed by atoms with van der Waals surface area (Å²) >= 11 is 3.63. The number of ether oxygens (including phenoxy) is 2. The van der Waals surface area contributed by atoms with E-state index >= 15 is 0 Å². The van der Waals surface area contributed by atoms with Crippen molar-refractivity contribution in [2.45, 2.75) is 81.4 Å². The molecule has 2 N–H and O–H groups in total. The molecule has 3 fully saturated rings. The number of rotatable bonds is 12. The molecule has 6 atom stereocenters. The van der Waals surface area contributed by atoms with Gasteiger partial charge in [0.15, 0.2) is 0 Å². The average Bonchev–Trinajstić information content (AvgIpc) is 3.32. The maximum absolute atomic E-state index is 13.5. The average molecular weight is 503 g/mol. The lowest BCUT2D eigenvalue weighted by Gasteiger charge is -2.34. The highest BCUT2D eigenvalue weighted by Gasteiger charge is 2.76. The van der Waals surface area contributed by atoms with E-state index in [4.69, 9.17) is 14.6 Å². The van der Waals surface area contributed by atoms with Gasteiger partial charge in [0, 0.05) is 24.5 Å². The van der Waals surface area contributed by atoms with Crippen molar-refractivity contribution in [3.05, 3.63) is 0 Å². The minimum atomic E-state index is -1.01. The number of nitrogens with zero attached hydrogens (tertiary/aromatic N) is 1. The minimum absolute atomic E-state index is 0.100. The Labute approximate surface area is 192 Å². The quantitative estimate of drug-likeness (QED) is 0.239. The van der Waals surface area contributed by atoms with Crippen LogP contribution in [0.15, 0.2) is 0 Å². The molecule has 0 aromatic heterocycles. The van der Waals surface area contributed by atoms with Crippen molar-refractivity contribution in [1.29, 1.82) is 0 Å². The Balaban J connectivity index is 1.86. The molecule has 3 rings (SSSR count). The second-order valence-corrected chi connectivity index (χ2v) is 9.91. The molecule has 2 bridgehead atoms. The Morgan fingerprint density at radius 3 is 2.71 bits per heavy atom. The van der Waals surface area contributed by atoms with Crippen molar-refractivity contribution >= 4 is 33.7 Å². The highest BCUT2D eigenvalue weighted by atomic mass is 79.9. The Morgan fingerprint density at radius 1 is 1.26 bits per heavy atom. The van der Waals surface area contributed by atoms with Gasteiger partial charge in [0.1, 0.15) is 11.6 Å². The molecule has 0 saturated carbocycles. The lowest BCUT2D eigenvalue weighted by Crippen LogP contribution is -2.56. The fourth-order valence-electron chi connectivity index (χ4n) is 5.43. The number of alkyl halides is 1. The van der Waals surface area contributed by atoms with Crippen molar-refractivity contribution < 1.29 is 29.0 Å². The molecule has 0 aliphatic carbocycles. The Morgan fingerprint density at radius 2 is 2.03 bits per heavy atom. The highest BCUT2D eigenvalue weighted by molar-refractivity contribution is 9.09. The molecule has 0 aromatic rings. The van der Waals surface area contributed by atoms with Crippen molar-refractivity contribution in [2.75, 3.05) is 26.3 Å². The molecule has 1 spiro atoms. The number of carbonyl (C=O) groups excluding carboxylic acids is 3. The Kier molecular flexibility index (Phi) is 8.37. The molecule has 0 aromatic carbocycles. The molecule has 1 unspecified atom stereocenters. The van der Waals surface area contributed by atoms with Gasteiger partial charge in [-0.05, 0) is 39.0 Å². The van der Waals surface area contributed by atoms with Gasteiger partial charge in [-0.1, -0.05) is 35.7 Å². The van der Waals surface area contributed by atoms with Crippen LogP contribution in [0.2, 0.25) is 0 Å². The first kappa shape index (κ1) is 24.5. The van der Waals surface area contributed by atoms with Crippen LogP contribution in [0.3, 0.4) is 0 Å². The van der Waals surface area contributed by atoms with E-state index in [1.165, 1.54) is 0 Å². The number of amides is 2. The van der Waals surface area contributed by atoms with Gasteiger partial charge in [-0.3, -0.25) is 14.4 Å². The number of carbonyl (C=O) groups is 3. The second-order valence-electron chi connectivity index (χ2n) is 8.73. The number of unbranched alkanes of at least 4 members (excludes halogenated alkanes) is 4. The van der Waals surface area contributed by atoms with Crippen LogP contribution in [0.1, 0.15) is 58.8 Å². The molecule has 3 aliphatic rings. The van der Waals surface area contributed by atoms with Crippen molar-refractivity contribution in [2.24, 2.45) is 11.8 Å². The van der Waals surface area contributed by atoms with Crippen LogP contribution >= 0.6 is 15.9 Å². The summed E-state index contributed by atoms with van der Waals surface area (Å²) in [7, 11) is 0. The zero-order valence-electron chi connectivity index (χ0n) is 18.5. The summed E-state index contributed by atoms with van der Waals surface area (Å²) in [4.78, 5) is 41.1. The third kappa shape index (κ3) is 4.50. The predicted molar refractivity (Wildman–Crippen MR) is 118 cm³/mol. The van der Waals surface area contributed by atoms with Crippen LogP contribution < -0.4 is 5.32 Å². The molecule has 3 aliphatic heterocycles. The summed E-state index contributed by atoms with van der Waals surface area (Å²) < 4.78 is 11.6. The van der Waals surface area contributed by atoms with Crippen molar-refractivity contribution in [1.82, 2.24) is 10.2 Å². The maximum atomic E-state index is 13.5. The molecule has 8 nitrogen and oxygen atoms in total. The van der Waals surface area contributed by atoms with E-state index in [-0.39, 0.29) is 29.9 Å². The number of nitrogens with one attached hydrogen (secondary N) is 1. The van der Waals surface area contributed by atoms with Crippen LogP contribution in [-0.2, 0) is 23.9 Å². The Bertz CT molecular complexity index is 676. The predicted octanol–water partition coefficient (Wildman–Crippen LogP) is 1.77. The van der Waals surface area contributed by atoms with E-state index < -0.39 is 35.6 Å². The largest absolute Gasteiger partial charge is 0.466 e. The molecule has 9 heteroatoms. The third-order valence-corrected chi connectivity index (χ3v) is 7.58. The number of likely N-dealkylation sites (tertiary alicyclic amines) is 1. The van der Waals surface area contributed by atoms with E-state index in [0.717, 1.165) is 25.7 Å². The van der Waals surface area contributed by atoms with Crippen LogP contribution in [0, 0.1) is 11.8 Å². The maximum Gasteiger partial charge on any atom is 0.312 e. The first-order chi connectivity index (χ1) is 14.9. The number of halogens is 1. The first-order valence-corrected chi connectivity index (χ1v) is 12.5. The zero-order valence-corrected chi connectivity index (χ0v) is 20.1. The molecule has 0 radical (unpaired) electrons. The number of fused-ring (bicyclic) bond motifs is 1. The van der Waals surface area contributed by atoms with Gasteiger partial charge in [-0.2, -0.15) is 0 Å². The Hall–Kier alpha value is -1.19. The molecular formula is C22H35BrN2O6. The van der Waals surface area contributed by atoms with Gasteiger partial charge in [0.05, 0.1) is 24.5 Å². The van der Waals surface area contributed by atoms with Crippen molar-refractivity contribution in [3.63, 3.8) is 0 Å². The smallest absolute Gasteiger partial charge is 0.312 e. The number of hydrogen-bond donors (Lipinski definition) is 2. The van der Waals surface area contributed by atoms with Gasteiger partial charge in [-0.15, -0.1) is 0 Å². The first-order valence-electron chi connectivity index (χ1n) is 11.6. The van der Waals surface area contributed by atoms with E-state index in [1.807, 2.05) is 0 Å². The van der Waals surface area contributed by atoms with E-state index in [9.17, 15) is 14.4 Å². The lowest BCUT2D eigenvalue weighted by atomic mass is 9.70. The fraction of sp³-hybridized carbons (Fsp3) is 0.864. The van der Waals surface area contributed by atoms with Gasteiger partial charge in [0.2, 0.25) is 11.8 Å². The summed E-state index contributed by atoms with van der Waals surface area (Å²) in [6.45, 7) is 5.13.